The number of rotatable bonds is 6. The van der Waals surface area contributed by atoms with Crippen molar-refractivity contribution < 1.29 is 18.7 Å². The monoisotopic (exact) mass is 343 g/mol. The lowest BCUT2D eigenvalue weighted by molar-refractivity contribution is -0.150. The summed E-state index contributed by atoms with van der Waals surface area (Å²) in [7, 11) is 0. The number of aromatic nitrogens is 2. The fraction of sp³-hybridized carbons (Fsp3) is 0.444. The Kier molecular flexibility index (Phi) is 5.77. The zero-order chi connectivity index (χ0) is 17.5. The molecule has 25 heavy (non-hydrogen) atoms. The van der Waals surface area contributed by atoms with Crippen molar-refractivity contribution in [2.45, 2.75) is 38.1 Å². The molecule has 7 heteroatoms. The van der Waals surface area contributed by atoms with Crippen molar-refractivity contribution in [1.82, 2.24) is 15.1 Å². The molecule has 0 bridgehead atoms. The number of amides is 1. The number of esters is 1. The molecule has 1 amide bonds. The summed E-state index contributed by atoms with van der Waals surface area (Å²) >= 11 is 0. The SMILES string of the molecule is O=C(OCCCc1nnco1)C1CCCCN1C(=O)c1ccccc1. The van der Waals surface area contributed by atoms with Crippen LogP contribution >= 0.6 is 0 Å². The van der Waals surface area contributed by atoms with Crippen molar-refractivity contribution in [1.29, 1.82) is 0 Å². The van der Waals surface area contributed by atoms with Gasteiger partial charge >= 0.3 is 5.97 Å². The molecule has 2 heterocycles. The van der Waals surface area contributed by atoms with Crippen LogP contribution in [0.25, 0.3) is 0 Å². The minimum Gasteiger partial charge on any atom is -0.464 e. The average molecular weight is 343 g/mol. The molecular formula is C18H21N3O4. The molecule has 1 aromatic carbocycles. The Morgan fingerprint density at radius 2 is 2.08 bits per heavy atom. The molecule has 1 aromatic heterocycles. The smallest absolute Gasteiger partial charge is 0.328 e. The van der Waals surface area contributed by atoms with E-state index < -0.39 is 6.04 Å². The zero-order valence-corrected chi connectivity index (χ0v) is 14.0. The Bertz CT molecular complexity index is 688. The van der Waals surface area contributed by atoms with Crippen molar-refractivity contribution in [3.05, 3.63) is 48.2 Å². The highest BCUT2D eigenvalue weighted by Gasteiger charge is 2.33. The van der Waals surface area contributed by atoms with Gasteiger partial charge in [0.25, 0.3) is 5.91 Å². The maximum atomic E-state index is 12.7. The molecule has 0 saturated carbocycles. The summed E-state index contributed by atoms with van der Waals surface area (Å²) in [5.41, 5.74) is 0.596. The van der Waals surface area contributed by atoms with Crippen LogP contribution < -0.4 is 0 Å². The van der Waals surface area contributed by atoms with E-state index in [0.29, 0.717) is 37.3 Å². The number of nitrogens with zero attached hydrogens (tertiary/aromatic N) is 3. The molecule has 1 aliphatic heterocycles. The number of hydrogen-bond donors (Lipinski definition) is 0. The molecule has 1 saturated heterocycles. The first-order valence-corrected chi connectivity index (χ1v) is 8.53. The largest absolute Gasteiger partial charge is 0.464 e. The standard InChI is InChI=1S/C18H21N3O4/c22-17(14-7-2-1-3-8-14)21-11-5-4-9-15(21)18(23)24-12-6-10-16-20-19-13-25-16/h1-3,7-8,13,15H,4-6,9-12H2. The van der Waals surface area contributed by atoms with E-state index in [0.717, 1.165) is 12.8 Å². The van der Waals surface area contributed by atoms with E-state index in [4.69, 9.17) is 9.15 Å². The van der Waals surface area contributed by atoms with Crippen molar-refractivity contribution in [2.75, 3.05) is 13.2 Å². The molecule has 0 N–H and O–H groups in total. The maximum Gasteiger partial charge on any atom is 0.328 e. The summed E-state index contributed by atoms with van der Waals surface area (Å²) in [6, 6.07) is 8.53. The van der Waals surface area contributed by atoms with Crippen molar-refractivity contribution in [3.8, 4) is 0 Å². The number of benzene rings is 1. The molecule has 1 atom stereocenters. The van der Waals surface area contributed by atoms with Gasteiger partial charge in [0.2, 0.25) is 12.3 Å². The summed E-state index contributed by atoms with van der Waals surface area (Å²) in [5, 5.41) is 7.38. The van der Waals surface area contributed by atoms with Crippen molar-refractivity contribution >= 4 is 11.9 Å². The van der Waals surface area contributed by atoms with Crippen LogP contribution in [0.15, 0.2) is 41.1 Å². The van der Waals surface area contributed by atoms with E-state index in [1.165, 1.54) is 6.39 Å². The van der Waals surface area contributed by atoms with Gasteiger partial charge in [-0.15, -0.1) is 10.2 Å². The fourth-order valence-electron chi connectivity index (χ4n) is 2.96. The van der Waals surface area contributed by atoms with Crippen LogP contribution in [0.5, 0.6) is 0 Å². The number of aryl methyl sites for hydroxylation is 1. The molecule has 3 rings (SSSR count). The summed E-state index contributed by atoms with van der Waals surface area (Å²) in [4.78, 5) is 26.8. The Morgan fingerprint density at radius 1 is 1.24 bits per heavy atom. The maximum absolute atomic E-state index is 12.7. The summed E-state index contributed by atoms with van der Waals surface area (Å²) in [5.74, 6) is 0.0669. The number of hydrogen-bond acceptors (Lipinski definition) is 6. The van der Waals surface area contributed by atoms with E-state index in [9.17, 15) is 9.59 Å². The van der Waals surface area contributed by atoms with Gasteiger partial charge < -0.3 is 14.1 Å². The third-order valence-electron chi connectivity index (χ3n) is 4.24. The van der Waals surface area contributed by atoms with Crippen LogP contribution in [0.3, 0.4) is 0 Å². The molecule has 132 valence electrons. The van der Waals surface area contributed by atoms with E-state index in [-0.39, 0.29) is 18.5 Å². The second kappa shape index (κ2) is 8.41. The van der Waals surface area contributed by atoms with Gasteiger partial charge in [-0.1, -0.05) is 18.2 Å². The first kappa shape index (κ1) is 17.1. The number of ether oxygens (including phenoxy) is 1. The Hall–Kier alpha value is -2.70. The first-order valence-electron chi connectivity index (χ1n) is 8.53. The van der Waals surface area contributed by atoms with E-state index in [1.54, 1.807) is 17.0 Å². The molecule has 2 aromatic rings. The molecule has 1 fully saturated rings. The van der Waals surface area contributed by atoms with E-state index >= 15 is 0 Å². The molecule has 1 aliphatic rings. The van der Waals surface area contributed by atoms with Crippen molar-refractivity contribution in [2.24, 2.45) is 0 Å². The van der Waals surface area contributed by atoms with Gasteiger partial charge in [0.15, 0.2) is 0 Å². The number of likely N-dealkylation sites (tertiary alicyclic amines) is 1. The van der Waals surface area contributed by atoms with Gasteiger partial charge in [-0.2, -0.15) is 0 Å². The van der Waals surface area contributed by atoms with Gasteiger partial charge in [0.05, 0.1) is 6.61 Å². The van der Waals surface area contributed by atoms with Crippen LogP contribution in [0.2, 0.25) is 0 Å². The predicted molar refractivity (Wildman–Crippen MR) is 88.7 cm³/mol. The van der Waals surface area contributed by atoms with E-state index in [2.05, 4.69) is 10.2 Å². The third kappa shape index (κ3) is 4.43. The average Bonchev–Trinajstić information content (AvgIpc) is 3.19. The topological polar surface area (TPSA) is 85.5 Å². The van der Waals surface area contributed by atoms with Crippen LogP contribution in [0.4, 0.5) is 0 Å². The van der Waals surface area contributed by atoms with E-state index in [1.807, 2.05) is 18.2 Å². The highest BCUT2D eigenvalue weighted by molar-refractivity contribution is 5.96. The van der Waals surface area contributed by atoms with Crippen molar-refractivity contribution in [3.63, 3.8) is 0 Å². The quantitative estimate of drug-likeness (QED) is 0.591. The zero-order valence-electron chi connectivity index (χ0n) is 14.0. The predicted octanol–water partition coefficient (Wildman–Crippen LogP) is 2.24. The Balaban J connectivity index is 1.54. The summed E-state index contributed by atoms with van der Waals surface area (Å²) in [6.45, 7) is 0.848. The van der Waals surface area contributed by atoms with Gasteiger partial charge in [-0.3, -0.25) is 4.79 Å². The third-order valence-corrected chi connectivity index (χ3v) is 4.24. The number of carbonyl (C=O) groups is 2. The van der Waals surface area contributed by atoms with Gasteiger partial charge in [-0.25, -0.2) is 4.79 Å². The lowest BCUT2D eigenvalue weighted by atomic mass is 10.0. The minimum absolute atomic E-state index is 0.117. The normalized spacial score (nSPS) is 17.3. The first-order chi connectivity index (χ1) is 12.3. The Labute approximate surface area is 146 Å². The number of carbonyl (C=O) groups excluding carboxylic acids is 2. The lowest BCUT2D eigenvalue weighted by Gasteiger charge is -2.34. The van der Waals surface area contributed by atoms with Crippen LogP contribution in [-0.4, -0.2) is 46.2 Å². The fourth-order valence-corrected chi connectivity index (χ4v) is 2.96. The molecule has 1 unspecified atom stereocenters. The summed E-state index contributed by atoms with van der Waals surface area (Å²) in [6.07, 6.45) is 4.90. The van der Waals surface area contributed by atoms with Gasteiger partial charge in [0.1, 0.15) is 6.04 Å². The summed E-state index contributed by atoms with van der Waals surface area (Å²) < 4.78 is 10.4. The number of piperidine rings is 1. The molecule has 0 spiro atoms. The molecule has 0 aliphatic carbocycles. The molecule has 0 radical (unpaired) electrons. The van der Waals surface area contributed by atoms with Crippen LogP contribution in [-0.2, 0) is 16.0 Å². The highest BCUT2D eigenvalue weighted by atomic mass is 16.5. The second-order valence-electron chi connectivity index (χ2n) is 5.98. The van der Waals surface area contributed by atoms with Crippen LogP contribution in [0.1, 0.15) is 41.9 Å². The Morgan fingerprint density at radius 3 is 2.84 bits per heavy atom. The highest BCUT2D eigenvalue weighted by Crippen LogP contribution is 2.21. The molecule has 7 nitrogen and oxygen atoms in total. The lowest BCUT2D eigenvalue weighted by Crippen LogP contribution is -2.48. The van der Waals surface area contributed by atoms with Crippen LogP contribution in [0, 0.1) is 0 Å². The molecular weight excluding hydrogens is 322 g/mol. The van der Waals surface area contributed by atoms with Gasteiger partial charge in [0, 0.05) is 18.5 Å². The van der Waals surface area contributed by atoms with Gasteiger partial charge in [-0.05, 0) is 37.8 Å². The minimum atomic E-state index is -0.509. The second-order valence-corrected chi connectivity index (χ2v) is 5.98.